The highest BCUT2D eigenvalue weighted by atomic mass is 16.4. The Morgan fingerprint density at radius 2 is 1.72 bits per heavy atom. The smallest absolute Gasteiger partial charge is 0.309 e. The predicted molar refractivity (Wildman–Crippen MR) is 96.1 cm³/mol. The monoisotopic (exact) mass is 343 g/mol. The van der Waals surface area contributed by atoms with Gasteiger partial charge in [0.1, 0.15) is 0 Å². The van der Waals surface area contributed by atoms with Crippen LogP contribution in [0.4, 0.5) is 0 Å². The third-order valence-electron chi connectivity index (χ3n) is 4.19. The van der Waals surface area contributed by atoms with Crippen LogP contribution in [0.3, 0.4) is 0 Å². The van der Waals surface area contributed by atoms with E-state index >= 15 is 0 Å². The van der Waals surface area contributed by atoms with Crippen molar-refractivity contribution in [3.8, 4) is 5.69 Å². The topological polar surface area (TPSA) is 84.2 Å². The number of carbonyl (C=O) groups excluding carboxylic acids is 1. The van der Waals surface area contributed by atoms with Gasteiger partial charge >= 0.3 is 5.97 Å². The highest BCUT2D eigenvalue weighted by molar-refractivity contribution is 5.92. The van der Waals surface area contributed by atoms with Gasteiger partial charge in [0.2, 0.25) is 0 Å². The van der Waals surface area contributed by atoms with E-state index in [4.69, 9.17) is 5.11 Å². The molecular formula is C19H25N3O3. The molecular weight excluding hydrogens is 318 g/mol. The molecule has 2 aromatic rings. The lowest BCUT2D eigenvalue weighted by molar-refractivity contribution is -0.147. The van der Waals surface area contributed by atoms with Crippen molar-refractivity contribution in [1.29, 1.82) is 0 Å². The molecule has 6 nitrogen and oxygen atoms in total. The van der Waals surface area contributed by atoms with Crippen LogP contribution in [0.2, 0.25) is 0 Å². The number of carboxylic acid groups (broad SMARTS) is 1. The first kappa shape index (κ1) is 18.7. The van der Waals surface area contributed by atoms with E-state index in [0.29, 0.717) is 12.1 Å². The summed E-state index contributed by atoms with van der Waals surface area (Å²) >= 11 is 0. The predicted octanol–water partition coefficient (Wildman–Crippen LogP) is 3.03. The van der Waals surface area contributed by atoms with Crippen molar-refractivity contribution in [3.05, 3.63) is 46.8 Å². The molecule has 0 aliphatic rings. The quantitative estimate of drug-likeness (QED) is 0.844. The second-order valence-electron chi connectivity index (χ2n) is 7.12. The number of aromatic nitrogens is 2. The second-order valence-corrected chi connectivity index (χ2v) is 7.12. The van der Waals surface area contributed by atoms with Crippen LogP contribution in [-0.2, 0) is 4.79 Å². The van der Waals surface area contributed by atoms with Gasteiger partial charge in [0.15, 0.2) is 5.69 Å². The van der Waals surface area contributed by atoms with Crippen LogP contribution in [0.1, 0.15) is 47.6 Å². The zero-order valence-electron chi connectivity index (χ0n) is 15.4. The minimum atomic E-state index is -0.878. The van der Waals surface area contributed by atoms with Gasteiger partial charge in [-0.2, -0.15) is 5.10 Å². The summed E-state index contributed by atoms with van der Waals surface area (Å²) in [6, 6.07) is 7.85. The number of hydrogen-bond acceptors (Lipinski definition) is 3. The molecule has 0 unspecified atom stereocenters. The summed E-state index contributed by atoms with van der Waals surface area (Å²) < 4.78 is 1.75. The molecule has 0 bridgehead atoms. The lowest BCUT2D eigenvalue weighted by atomic mass is 9.90. The Balaban J connectivity index is 2.11. The third-order valence-corrected chi connectivity index (χ3v) is 4.19. The molecule has 0 atom stereocenters. The van der Waals surface area contributed by atoms with Crippen LogP contribution in [-0.4, -0.2) is 33.3 Å². The van der Waals surface area contributed by atoms with Crippen molar-refractivity contribution in [3.63, 3.8) is 0 Å². The maximum atomic E-state index is 12.3. The van der Waals surface area contributed by atoms with Gasteiger partial charge in [0.25, 0.3) is 5.91 Å². The summed E-state index contributed by atoms with van der Waals surface area (Å²) in [5.41, 5.74) is 3.49. The molecule has 25 heavy (non-hydrogen) atoms. The fourth-order valence-electron chi connectivity index (χ4n) is 2.61. The van der Waals surface area contributed by atoms with Crippen molar-refractivity contribution >= 4 is 11.9 Å². The molecule has 0 spiro atoms. The number of amides is 1. The molecule has 1 heterocycles. The molecule has 2 rings (SSSR count). The molecule has 0 saturated carbocycles. The summed E-state index contributed by atoms with van der Waals surface area (Å²) in [7, 11) is 0. The molecule has 1 aromatic carbocycles. The molecule has 0 aliphatic heterocycles. The lowest BCUT2D eigenvalue weighted by Crippen LogP contribution is -2.32. The first-order valence-electron chi connectivity index (χ1n) is 8.27. The minimum Gasteiger partial charge on any atom is -0.481 e. The van der Waals surface area contributed by atoms with E-state index < -0.39 is 11.4 Å². The minimum absolute atomic E-state index is 0.285. The van der Waals surface area contributed by atoms with Gasteiger partial charge < -0.3 is 10.4 Å². The van der Waals surface area contributed by atoms with Gasteiger partial charge in [-0.05, 0) is 70.4 Å². The highest BCUT2D eigenvalue weighted by Crippen LogP contribution is 2.19. The standard InChI is InChI=1S/C19H25N3O3/c1-12-8-13(2)10-15(9-12)22-14(3)11-16(21-22)17(23)20-7-6-19(4,5)18(24)25/h8-11H,6-7H2,1-5H3,(H,20,23)(H,24,25). The zero-order chi connectivity index (χ0) is 18.8. The lowest BCUT2D eigenvalue weighted by Gasteiger charge is -2.18. The van der Waals surface area contributed by atoms with Crippen molar-refractivity contribution in [2.45, 2.75) is 41.0 Å². The number of aryl methyl sites for hydroxylation is 3. The van der Waals surface area contributed by atoms with Gasteiger partial charge in [-0.3, -0.25) is 9.59 Å². The number of carbonyl (C=O) groups is 2. The molecule has 0 fully saturated rings. The van der Waals surface area contributed by atoms with Crippen LogP contribution in [0.5, 0.6) is 0 Å². The number of rotatable bonds is 6. The van der Waals surface area contributed by atoms with Crippen LogP contribution in [0.25, 0.3) is 5.69 Å². The number of nitrogens with one attached hydrogen (secondary N) is 1. The van der Waals surface area contributed by atoms with Crippen molar-refractivity contribution in [2.75, 3.05) is 6.54 Å². The summed E-state index contributed by atoms with van der Waals surface area (Å²) in [5.74, 6) is -1.18. The number of aliphatic carboxylic acids is 1. The number of hydrogen-bond donors (Lipinski definition) is 2. The van der Waals surface area contributed by atoms with Gasteiger partial charge in [-0.15, -0.1) is 0 Å². The largest absolute Gasteiger partial charge is 0.481 e. The second kappa shape index (κ2) is 7.09. The van der Waals surface area contributed by atoms with Crippen LogP contribution in [0.15, 0.2) is 24.3 Å². The zero-order valence-corrected chi connectivity index (χ0v) is 15.4. The van der Waals surface area contributed by atoms with Crippen molar-refractivity contribution < 1.29 is 14.7 Å². The maximum Gasteiger partial charge on any atom is 0.309 e. The van der Waals surface area contributed by atoms with E-state index in [0.717, 1.165) is 22.5 Å². The average Bonchev–Trinajstić information content (AvgIpc) is 2.88. The van der Waals surface area contributed by atoms with Gasteiger partial charge in [0, 0.05) is 12.2 Å². The summed E-state index contributed by atoms with van der Waals surface area (Å²) in [6.45, 7) is 9.50. The normalized spacial score (nSPS) is 11.4. The number of benzene rings is 1. The van der Waals surface area contributed by atoms with Gasteiger partial charge in [0.05, 0.1) is 11.1 Å². The fourth-order valence-corrected chi connectivity index (χ4v) is 2.61. The molecule has 1 amide bonds. The molecule has 0 aliphatic carbocycles. The highest BCUT2D eigenvalue weighted by Gasteiger charge is 2.26. The average molecular weight is 343 g/mol. The molecule has 2 N–H and O–H groups in total. The summed E-state index contributed by atoms with van der Waals surface area (Å²) in [4.78, 5) is 23.4. The Hall–Kier alpha value is -2.63. The first-order valence-corrected chi connectivity index (χ1v) is 8.27. The first-order chi connectivity index (χ1) is 11.6. The van der Waals surface area contributed by atoms with E-state index in [1.54, 1.807) is 24.6 Å². The van der Waals surface area contributed by atoms with E-state index in [1.165, 1.54) is 0 Å². The van der Waals surface area contributed by atoms with Gasteiger partial charge in [-0.1, -0.05) is 6.07 Å². The van der Waals surface area contributed by atoms with E-state index in [-0.39, 0.29) is 12.5 Å². The van der Waals surface area contributed by atoms with Crippen molar-refractivity contribution in [2.24, 2.45) is 5.41 Å². The molecule has 134 valence electrons. The van der Waals surface area contributed by atoms with E-state index in [9.17, 15) is 9.59 Å². The molecule has 0 saturated heterocycles. The fraction of sp³-hybridized carbons (Fsp3) is 0.421. The van der Waals surface area contributed by atoms with Crippen LogP contribution in [0, 0.1) is 26.2 Å². The Labute approximate surface area is 147 Å². The molecule has 6 heteroatoms. The van der Waals surface area contributed by atoms with E-state index in [2.05, 4.69) is 16.5 Å². The molecule has 1 aromatic heterocycles. The Kier molecular flexibility index (Phi) is 5.30. The number of nitrogens with zero attached hydrogens (tertiary/aromatic N) is 2. The SMILES string of the molecule is Cc1cc(C)cc(-n2nc(C(=O)NCCC(C)(C)C(=O)O)cc2C)c1. The van der Waals surface area contributed by atoms with Crippen LogP contribution < -0.4 is 5.32 Å². The van der Waals surface area contributed by atoms with Gasteiger partial charge in [-0.25, -0.2) is 4.68 Å². The van der Waals surface area contributed by atoms with E-state index in [1.807, 2.05) is 32.9 Å². The summed E-state index contributed by atoms with van der Waals surface area (Å²) in [6.07, 6.45) is 0.352. The summed E-state index contributed by atoms with van der Waals surface area (Å²) in [5, 5.41) is 16.3. The molecule has 0 radical (unpaired) electrons. The third kappa shape index (κ3) is 4.47. The van der Waals surface area contributed by atoms with Crippen molar-refractivity contribution in [1.82, 2.24) is 15.1 Å². The Bertz CT molecular complexity index is 786. The number of carboxylic acids is 1. The Morgan fingerprint density at radius 3 is 2.28 bits per heavy atom. The maximum absolute atomic E-state index is 12.3. The Morgan fingerprint density at radius 1 is 1.12 bits per heavy atom. The van der Waals surface area contributed by atoms with Crippen LogP contribution >= 0.6 is 0 Å².